The Kier molecular flexibility index (Phi) is 4.91. The second-order valence-corrected chi connectivity index (χ2v) is 6.11. The minimum Gasteiger partial charge on any atom is -0.377 e. The number of carbonyl (C=O) groups is 2. The molecule has 0 spiro atoms. The van der Waals surface area contributed by atoms with Crippen molar-refractivity contribution < 1.29 is 18.7 Å². The maximum Gasteiger partial charge on any atom is 0.251 e. The van der Waals surface area contributed by atoms with Crippen molar-refractivity contribution in [3.63, 3.8) is 0 Å². The SMILES string of the molecule is O=C(NCC(=O)N1CCOCC1C1CCC1)c1ccc(F)cc1. The van der Waals surface area contributed by atoms with Crippen LogP contribution < -0.4 is 5.32 Å². The van der Waals surface area contributed by atoms with Gasteiger partial charge in [-0.15, -0.1) is 0 Å². The zero-order chi connectivity index (χ0) is 16.2. The molecule has 1 saturated carbocycles. The summed E-state index contributed by atoms with van der Waals surface area (Å²) < 4.78 is 18.4. The second-order valence-electron chi connectivity index (χ2n) is 6.11. The Morgan fingerprint density at radius 1 is 1.26 bits per heavy atom. The summed E-state index contributed by atoms with van der Waals surface area (Å²) in [5, 5.41) is 2.62. The van der Waals surface area contributed by atoms with E-state index in [2.05, 4.69) is 5.32 Å². The summed E-state index contributed by atoms with van der Waals surface area (Å²) in [6.07, 6.45) is 3.49. The molecule has 1 saturated heterocycles. The van der Waals surface area contributed by atoms with Gasteiger partial charge < -0.3 is 15.0 Å². The van der Waals surface area contributed by atoms with Crippen molar-refractivity contribution in [3.8, 4) is 0 Å². The van der Waals surface area contributed by atoms with Crippen LogP contribution in [0.3, 0.4) is 0 Å². The predicted octanol–water partition coefficient (Wildman–Crippen LogP) is 1.58. The maximum atomic E-state index is 12.9. The first-order valence-electron chi connectivity index (χ1n) is 8.06. The van der Waals surface area contributed by atoms with Crippen molar-refractivity contribution in [2.24, 2.45) is 5.92 Å². The monoisotopic (exact) mass is 320 g/mol. The molecule has 6 heteroatoms. The number of morpholine rings is 1. The van der Waals surface area contributed by atoms with E-state index in [1.807, 2.05) is 4.90 Å². The quantitative estimate of drug-likeness (QED) is 0.916. The van der Waals surface area contributed by atoms with E-state index in [9.17, 15) is 14.0 Å². The van der Waals surface area contributed by atoms with Gasteiger partial charge in [0.05, 0.1) is 25.8 Å². The van der Waals surface area contributed by atoms with Crippen LogP contribution in [0.2, 0.25) is 0 Å². The highest BCUT2D eigenvalue weighted by Gasteiger charge is 2.36. The summed E-state index contributed by atoms with van der Waals surface area (Å²) in [6.45, 7) is 1.66. The van der Waals surface area contributed by atoms with Gasteiger partial charge >= 0.3 is 0 Å². The lowest BCUT2D eigenvalue weighted by Gasteiger charge is -2.43. The molecule has 1 N–H and O–H groups in total. The standard InChI is InChI=1S/C17H21FN2O3/c18-14-6-4-13(5-7-14)17(22)19-10-16(21)20-8-9-23-11-15(20)12-2-1-3-12/h4-7,12,15H,1-3,8-11H2,(H,19,22). The lowest BCUT2D eigenvalue weighted by molar-refractivity contribution is -0.142. The summed E-state index contributed by atoms with van der Waals surface area (Å²) in [6, 6.07) is 5.39. The number of halogens is 1. The highest BCUT2D eigenvalue weighted by atomic mass is 19.1. The highest BCUT2D eigenvalue weighted by Crippen LogP contribution is 2.33. The smallest absolute Gasteiger partial charge is 0.251 e. The number of hydrogen-bond acceptors (Lipinski definition) is 3. The van der Waals surface area contributed by atoms with E-state index in [0.29, 0.717) is 31.2 Å². The molecule has 1 unspecified atom stereocenters. The fraction of sp³-hybridized carbons (Fsp3) is 0.529. The van der Waals surface area contributed by atoms with Crippen LogP contribution in [-0.4, -0.2) is 49.1 Å². The third-order valence-electron chi connectivity index (χ3n) is 4.69. The molecule has 1 heterocycles. The van der Waals surface area contributed by atoms with Gasteiger partial charge in [0.1, 0.15) is 5.82 Å². The number of nitrogens with zero attached hydrogens (tertiary/aromatic N) is 1. The van der Waals surface area contributed by atoms with Crippen LogP contribution in [0.1, 0.15) is 29.6 Å². The van der Waals surface area contributed by atoms with Gasteiger partial charge in [-0.3, -0.25) is 9.59 Å². The van der Waals surface area contributed by atoms with Crippen molar-refractivity contribution in [3.05, 3.63) is 35.6 Å². The van der Waals surface area contributed by atoms with Crippen LogP contribution in [-0.2, 0) is 9.53 Å². The van der Waals surface area contributed by atoms with Gasteiger partial charge in [0, 0.05) is 12.1 Å². The molecule has 0 bridgehead atoms. The fourth-order valence-corrected chi connectivity index (χ4v) is 3.11. The van der Waals surface area contributed by atoms with Gasteiger partial charge in [-0.2, -0.15) is 0 Å². The molecule has 1 aromatic rings. The Hall–Kier alpha value is -1.95. The number of rotatable bonds is 4. The van der Waals surface area contributed by atoms with Crippen molar-refractivity contribution in [2.45, 2.75) is 25.3 Å². The van der Waals surface area contributed by atoms with Crippen LogP contribution in [0.4, 0.5) is 4.39 Å². The Bertz CT molecular complexity index is 572. The predicted molar refractivity (Wildman–Crippen MR) is 82.4 cm³/mol. The van der Waals surface area contributed by atoms with Gasteiger partial charge in [0.15, 0.2) is 0 Å². The van der Waals surface area contributed by atoms with Crippen LogP contribution in [0.15, 0.2) is 24.3 Å². The maximum absolute atomic E-state index is 12.9. The van der Waals surface area contributed by atoms with E-state index in [1.165, 1.54) is 30.7 Å². The topological polar surface area (TPSA) is 58.6 Å². The van der Waals surface area contributed by atoms with Gasteiger partial charge in [-0.05, 0) is 43.0 Å². The number of benzene rings is 1. The van der Waals surface area contributed by atoms with E-state index < -0.39 is 5.82 Å². The van der Waals surface area contributed by atoms with Gasteiger partial charge in [-0.25, -0.2) is 4.39 Å². The lowest BCUT2D eigenvalue weighted by atomic mass is 9.79. The second kappa shape index (κ2) is 7.08. The molecule has 1 aliphatic heterocycles. The van der Waals surface area contributed by atoms with Crippen molar-refractivity contribution >= 4 is 11.8 Å². The minimum absolute atomic E-state index is 0.0422. The van der Waals surface area contributed by atoms with E-state index >= 15 is 0 Å². The molecule has 3 rings (SSSR count). The first kappa shape index (κ1) is 15.9. The Labute approximate surface area is 134 Å². The normalized spacial score (nSPS) is 21.6. The molecular formula is C17H21FN2O3. The average molecular weight is 320 g/mol. The van der Waals surface area contributed by atoms with Crippen LogP contribution >= 0.6 is 0 Å². The molecule has 1 atom stereocenters. The van der Waals surface area contributed by atoms with Crippen LogP contribution in [0.25, 0.3) is 0 Å². The number of ether oxygens (including phenoxy) is 1. The molecule has 2 aliphatic rings. The number of nitrogens with one attached hydrogen (secondary N) is 1. The molecule has 23 heavy (non-hydrogen) atoms. The highest BCUT2D eigenvalue weighted by molar-refractivity contribution is 5.96. The van der Waals surface area contributed by atoms with E-state index in [1.54, 1.807) is 0 Å². The zero-order valence-electron chi connectivity index (χ0n) is 13.0. The Morgan fingerprint density at radius 3 is 2.65 bits per heavy atom. The fourth-order valence-electron chi connectivity index (χ4n) is 3.11. The molecule has 2 fully saturated rings. The number of amides is 2. The van der Waals surface area contributed by atoms with Crippen molar-refractivity contribution in [1.29, 1.82) is 0 Å². The average Bonchev–Trinajstić information content (AvgIpc) is 2.52. The van der Waals surface area contributed by atoms with Crippen LogP contribution in [0, 0.1) is 11.7 Å². The van der Waals surface area contributed by atoms with Crippen molar-refractivity contribution in [1.82, 2.24) is 10.2 Å². The largest absolute Gasteiger partial charge is 0.377 e. The summed E-state index contributed by atoms with van der Waals surface area (Å²) in [5.74, 6) is -0.325. The molecule has 1 aliphatic carbocycles. The third-order valence-corrected chi connectivity index (χ3v) is 4.69. The summed E-state index contributed by atoms with van der Waals surface area (Å²) in [7, 11) is 0. The number of carbonyl (C=O) groups excluding carboxylic acids is 2. The van der Waals surface area contributed by atoms with Gasteiger partial charge in [0.2, 0.25) is 5.91 Å². The van der Waals surface area contributed by atoms with E-state index in [0.717, 1.165) is 12.8 Å². The minimum atomic E-state index is -0.394. The zero-order valence-corrected chi connectivity index (χ0v) is 13.0. The van der Waals surface area contributed by atoms with Crippen LogP contribution in [0.5, 0.6) is 0 Å². The van der Waals surface area contributed by atoms with E-state index in [4.69, 9.17) is 4.74 Å². The Morgan fingerprint density at radius 2 is 2.00 bits per heavy atom. The van der Waals surface area contributed by atoms with E-state index in [-0.39, 0.29) is 24.4 Å². The Balaban J connectivity index is 1.55. The molecule has 0 radical (unpaired) electrons. The summed E-state index contributed by atoms with van der Waals surface area (Å²) >= 11 is 0. The van der Waals surface area contributed by atoms with Gasteiger partial charge in [0.25, 0.3) is 5.91 Å². The first-order chi connectivity index (χ1) is 11.1. The lowest BCUT2D eigenvalue weighted by Crippen LogP contribution is -2.55. The van der Waals surface area contributed by atoms with Crippen molar-refractivity contribution in [2.75, 3.05) is 26.3 Å². The molecule has 1 aromatic carbocycles. The molecule has 5 nitrogen and oxygen atoms in total. The van der Waals surface area contributed by atoms with Gasteiger partial charge in [-0.1, -0.05) is 6.42 Å². The molecule has 2 amide bonds. The molecule has 124 valence electrons. The number of hydrogen-bond donors (Lipinski definition) is 1. The summed E-state index contributed by atoms with van der Waals surface area (Å²) in [5.41, 5.74) is 0.344. The third kappa shape index (κ3) is 3.69. The summed E-state index contributed by atoms with van der Waals surface area (Å²) in [4.78, 5) is 26.3. The molecule has 0 aromatic heterocycles. The molecular weight excluding hydrogens is 299 g/mol. The first-order valence-corrected chi connectivity index (χ1v) is 8.06.